The Balaban J connectivity index is 1.51. The van der Waals surface area contributed by atoms with Crippen molar-refractivity contribution in [3.63, 3.8) is 0 Å². The Hall–Kier alpha value is -2.93. The van der Waals surface area contributed by atoms with Crippen LogP contribution in [0.5, 0.6) is 11.5 Å². The van der Waals surface area contributed by atoms with Crippen molar-refractivity contribution in [3.05, 3.63) is 65.1 Å². The van der Waals surface area contributed by atoms with Crippen molar-refractivity contribution in [2.24, 2.45) is 0 Å². The van der Waals surface area contributed by atoms with Gasteiger partial charge in [-0.25, -0.2) is 4.39 Å². The maximum atomic E-state index is 13.9. The molecule has 1 amide bonds. The Bertz CT molecular complexity index is 1030. The summed E-state index contributed by atoms with van der Waals surface area (Å²) in [6.07, 6.45) is 7.23. The largest absolute Gasteiger partial charge is 0.490 e. The molecule has 0 atom stereocenters. The zero-order valence-corrected chi connectivity index (χ0v) is 18.9. The first kappa shape index (κ1) is 22.3. The van der Waals surface area contributed by atoms with Gasteiger partial charge in [-0.3, -0.25) is 9.69 Å². The van der Waals surface area contributed by atoms with Crippen molar-refractivity contribution in [2.75, 3.05) is 6.61 Å². The van der Waals surface area contributed by atoms with Gasteiger partial charge >= 0.3 is 0 Å². The molecule has 0 bridgehead atoms. The molecular weight excluding hydrogens is 427 g/mol. The van der Waals surface area contributed by atoms with E-state index in [9.17, 15) is 9.18 Å². The summed E-state index contributed by atoms with van der Waals surface area (Å²) in [5.74, 6) is 0.661. The number of carbonyl (C=O) groups is 1. The predicted molar refractivity (Wildman–Crippen MR) is 126 cm³/mol. The minimum atomic E-state index is -0.309. The van der Waals surface area contributed by atoms with Gasteiger partial charge in [0.25, 0.3) is 5.91 Å². The van der Waals surface area contributed by atoms with Crippen LogP contribution in [0.3, 0.4) is 0 Å². The van der Waals surface area contributed by atoms with Crippen molar-refractivity contribution in [1.29, 1.82) is 0 Å². The molecule has 0 radical (unpaired) electrons. The number of nitrogens with one attached hydrogen (secondary N) is 1. The molecular formula is C25H27FN2O3S. The van der Waals surface area contributed by atoms with E-state index in [2.05, 4.69) is 5.32 Å². The third kappa shape index (κ3) is 4.93. The monoisotopic (exact) mass is 454 g/mol. The highest BCUT2D eigenvalue weighted by atomic mass is 32.1. The van der Waals surface area contributed by atoms with Gasteiger partial charge < -0.3 is 14.8 Å². The molecule has 32 heavy (non-hydrogen) atoms. The van der Waals surface area contributed by atoms with Crippen LogP contribution < -0.4 is 14.8 Å². The SMILES string of the molecule is CCOc1cc(/C=C2\NC(=S)N(C3CCCCC3)C2=O)ccc1OCc1ccccc1F. The molecule has 5 nitrogen and oxygen atoms in total. The number of hydrogen-bond acceptors (Lipinski definition) is 4. The topological polar surface area (TPSA) is 50.8 Å². The number of hydrogen-bond donors (Lipinski definition) is 1. The zero-order chi connectivity index (χ0) is 22.5. The summed E-state index contributed by atoms with van der Waals surface area (Å²) in [5.41, 5.74) is 1.72. The normalized spacial score (nSPS) is 18.2. The van der Waals surface area contributed by atoms with E-state index in [-0.39, 0.29) is 24.4 Å². The van der Waals surface area contributed by atoms with Crippen LogP contribution in [0.25, 0.3) is 6.08 Å². The van der Waals surface area contributed by atoms with Crippen LogP contribution in [-0.4, -0.2) is 28.6 Å². The Labute approximate surface area is 193 Å². The number of halogens is 1. The molecule has 0 aromatic heterocycles. The summed E-state index contributed by atoms with van der Waals surface area (Å²) in [7, 11) is 0. The average Bonchev–Trinajstić information content (AvgIpc) is 3.07. The summed E-state index contributed by atoms with van der Waals surface area (Å²) in [6, 6.07) is 12.1. The number of ether oxygens (including phenoxy) is 2. The third-order valence-corrected chi connectivity index (χ3v) is 6.07. The number of benzene rings is 2. The fourth-order valence-electron chi connectivity index (χ4n) is 4.16. The van der Waals surface area contributed by atoms with E-state index < -0.39 is 0 Å². The van der Waals surface area contributed by atoms with Crippen LogP contribution in [0.4, 0.5) is 4.39 Å². The molecule has 1 N–H and O–H groups in total. The molecule has 2 aromatic rings. The fourth-order valence-corrected chi connectivity index (χ4v) is 4.50. The number of nitrogens with zero attached hydrogens (tertiary/aromatic N) is 1. The summed E-state index contributed by atoms with van der Waals surface area (Å²) >= 11 is 5.45. The summed E-state index contributed by atoms with van der Waals surface area (Å²) < 4.78 is 25.4. The van der Waals surface area contributed by atoms with Crippen LogP contribution in [0, 0.1) is 5.82 Å². The van der Waals surface area contributed by atoms with Crippen LogP contribution in [0.1, 0.15) is 50.2 Å². The second-order valence-corrected chi connectivity index (χ2v) is 8.36. The van der Waals surface area contributed by atoms with Gasteiger partial charge in [0.15, 0.2) is 16.6 Å². The van der Waals surface area contributed by atoms with Crippen LogP contribution in [-0.2, 0) is 11.4 Å². The first-order chi connectivity index (χ1) is 15.6. The summed E-state index contributed by atoms with van der Waals surface area (Å²) in [5, 5.41) is 3.55. The van der Waals surface area contributed by atoms with Gasteiger partial charge in [0, 0.05) is 11.6 Å². The molecule has 1 saturated heterocycles. The third-order valence-electron chi connectivity index (χ3n) is 5.77. The molecule has 1 saturated carbocycles. The molecule has 2 aliphatic rings. The molecule has 0 unspecified atom stereocenters. The van der Waals surface area contributed by atoms with Gasteiger partial charge in [0.2, 0.25) is 0 Å². The van der Waals surface area contributed by atoms with Gasteiger partial charge in [-0.1, -0.05) is 43.5 Å². The van der Waals surface area contributed by atoms with Crippen molar-refractivity contribution >= 4 is 29.3 Å². The first-order valence-corrected chi connectivity index (χ1v) is 11.5. The van der Waals surface area contributed by atoms with Crippen LogP contribution in [0.2, 0.25) is 0 Å². The fraction of sp³-hybridized carbons (Fsp3) is 0.360. The standard InChI is InChI=1S/C25H27FN2O3S/c1-2-30-23-15-17(12-13-22(23)31-16-18-8-6-7-11-20(18)26)14-21-24(29)28(25(32)27-21)19-9-4-3-5-10-19/h6-8,11-15,19H,2-5,9-10,16H2,1H3,(H,27,32)/b21-14-. The molecule has 168 valence electrons. The van der Waals surface area contributed by atoms with Crippen molar-refractivity contribution in [1.82, 2.24) is 10.2 Å². The van der Waals surface area contributed by atoms with E-state index in [1.165, 1.54) is 12.5 Å². The second-order valence-electron chi connectivity index (χ2n) is 7.97. The van der Waals surface area contributed by atoms with E-state index >= 15 is 0 Å². The highest BCUT2D eigenvalue weighted by molar-refractivity contribution is 7.80. The van der Waals surface area contributed by atoms with Crippen LogP contribution in [0.15, 0.2) is 48.2 Å². The van der Waals surface area contributed by atoms with E-state index in [1.54, 1.807) is 35.2 Å². The van der Waals surface area contributed by atoms with E-state index in [0.29, 0.717) is 34.5 Å². The quantitative estimate of drug-likeness (QED) is 0.461. The molecule has 2 aromatic carbocycles. The highest BCUT2D eigenvalue weighted by Gasteiger charge is 2.36. The Kier molecular flexibility index (Phi) is 7.05. The summed E-state index contributed by atoms with van der Waals surface area (Å²) in [4.78, 5) is 14.7. The lowest BCUT2D eigenvalue weighted by molar-refractivity contribution is -0.124. The molecule has 4 rings (SSSR count). The first-order valence-electron chi connectivity index (χ1n) is 11.1. The predicted octanol–water partition coefficient (Wildman–Crippen LogP) is 5.19. The molecule has 1 heterocycles. The van der Waals surface area contributed by atoms with Crippen LogP contribution >= 0.6 is 12.2 Å². The molecule has 1 aliphatic carbocycles. The Morgan fingerprint density at radius 2 is 1.91 bits per heavy atom. The van der Waals surface area contributed by atoms with E-state index in [4.69, 9.17) is 21.7 Å². The maximum Gasteiger partial charge on any atom is 0.276 e. The van der Waals surface area contributed by atoms with Gasteiger partial charge in [-0.2, -0.15) is 0 Å². The van der Waals surface area contributed by atoms with Gasteiger partial charge in [0.05, 0.1) is 6.61 Å². The number of rotatable bonds is 7. The molecule has 1 aliphatic heterocycles. The van der Waals surface area contributed by atoms with Crippen molar-refractivity contribution < 1.29 is 18.7 Å². The lowest BCUT2D eigenvalue weighted by atomic mass is 9.94. The maximum absolute atomic E-state index is 13.9. The Morgan fingerprint density at radius 1 is 1.12 bits per heavy atom. The lowest BCUT2D eigenvalue weighted by Gasteiger charge is -2.29. The van der Waals surface area contributed by atoms with E-state index in [0.717, 1.165) is 31.2 Å². The number of thiocarbonyl (C=S) groups is 1. The Morgan fingerprint density at radius 3 is 2.66 bits per heavy atom. The molecule has 0 spiro atoms. The minimum absolute atomic E-state index is 0.0836. The van der Waals surface area contributed by atoms with Gasteiger partial charge in [0.1, 0.15) is 18.1 Å². The molecule has 7 heteroatoms. The zero-order valence-electron chi connectivity index (χ0n) is 18.1. The minimum Gasteiger partial charge on any atom is -0.490 e. The highest BCUT2D eigenvalue weighted by Crippen LogP contribution is 2.31. The number of carbonyl (C=O) groups excluding carboxylic acids is 1. The van der Waals surface area contributed by atoms with Gasteiger partial charge in [-0.05, 0) is 61.8 Å². The van der Waals surface area contributed by atoms with Crippen molar-refractivity contribution in [3.8, 4) is 11.5 Å². The lowest BCUT2D eigenvalue weighted by Crippen LogP contribution is -2.41. The average molecular weight is 455 g/mol. The molecule has 2 fully saturated rings. The second kappa shape index (κ2) is 10.1. The van der Waals surface area contributed by atoms with Gasteiger partial charge in [-0.15, -0.1) is 0 Å². The van der Waals surface area contributed by atoms with E-state index in [1.807, 2.05) is 19.1 Å². The smallest absolute Gasteiger partial charge is 0.276 e. The number of amides is 1. The summed E-state index contributed by atoms with van der Waals surface area (Å²) in [6.45, 7) is 2.43. The van der Waals surface area contributed by atoms with Crippen molar-refractivity contribution in [2.45, 2.75) is 51.7 Å².